The number of hydrogen-bond acceptors (Lipinski definition) is 3. The van der Waals surface area contributed by atoms with Gasteiger partial charge < -0.3 is 15.2 Å². The summed E-state index contributed by atoms with van der Waals surface area (Å²) in [6, 6.07) is 3.66. The monoisotopic (exact) mass is 215 g/mol. The van der Waals surface area contributed by atoms with Crippen molar-refractivity contribution in [1.29, 1.82) is 0 Å². The van der Waals surface area contributed by atoms with Crippen molar-refractivity contribution in [2.75, 3.05) is 25.6 Å². The Kier molecular flexibility index (Phi) is 4.04. The van der Waals surface area contributed by atoms with Crippen LogP contribution in [0.3, 0.4) is 0 Å². The highest BCUT2D eigenvalue weighted by Gasteiger charge is 2.05. The van der Waals surface area contributed by atoms with Crippen LogP contribution in [-0.2, 0) is 0 Å². The standard InChI is InChI=1S/C10H14ClNO2/c1-7-5-10(14-2)8(11)6-9(7)12-3-4-13/h5-6,12-13H,3-4H2,1-2H3. The predicted octanol–water partition coefficient (Wildman–Crippen LogP) is 2.06. The highest BCUT2D eigenvalue weighted by molar-refractivity contribution is 6.32. The number of nitrogens with one attached hydrogen (secondary N) is 1. The van der Waals surface area contributed by atoms with Crippen LogP contribution in [0.2, 0.25) is 5.02 Å². The molecule has 78 valence electrons. The second kappa shape index (κ2) is 5.08. The number of hydrogen-bond donors (Lipinski definition) is 2. The Morgan fingerprint density at radius 1 is 1.50 bits per heavy atom. The van der Waals surface area contributed by atoms with E-state index in [-0.39, 0.29) is 6.61 Å². The largest absolute Gasteiger partial charge is 0.495 e. The first-order valence-electron chi connectivity index (χ1n) is 4.38. The topological polar surface area (TPSA) is 41.5 Å². The van der Waals surface area contributed by atoms with E-state index in [0.717, 1.165) is 11.3 Å². The van der Waals surface area contributed by atoms with Crippen molar-refractivity contribution < 1.29 is 9.84 Å². The van der Waals surface area contributed by atoms with Crippen molar-refractivity contribution >= 4 is 17.3 Å². The lowest BCUT2D eigenvalue weighted by atomic mass is 10.2. The van der Waals surface area contributed by atoms with Crippen molar-refractivity contribution in [3.8, 4) is 5.75 Å². The van der Waals surface area contributed by atoms with Gasteiger partial charge in [0.05, 0.1) is 18.7 Å². The highest BCUT2D eigenvalue weighted by atomic mass is 35.5. The Morgan fingerprint density at radius 2 is 2.21 bits per heavy atom. The zero-order chi connectivity index (χ0) is 10.6. The second-order valence-electron chi connectivity index (χ2n) is 2.95. The number of benzene rings is 1. The van der Waals surface area contributed by atoms with E-state index in [0.29, 0.717) is 17.3 Å². The summed E-state index contributed by atoms with van der Waals surface area (Å²) >= 11 is 5.95. The van der Waals surface area contributed by atoms with Gasteiger partial charge in [-0.3, -0.25) is 0 Å². The molecule has 1 aromatic carbocycles. The molecule has 0 atom stereocenters. The summed E-state index contributed by atoms with van der Waals surface area (Å²) in [5.74, 6) is 0.665. The molecule has 0 saturated carbocycles. The van der Waals surface area contributed by atoms with Gasteiger partial charge in [0.15, 0.2) is 0 Å². The molecule has 0 aliphatic rings. The van der Waals surface area contributed by atoms with Gasteiger partial charge in [0.25, 0.3) is 0 Å². The molecular formula is C10H14ClNO2. The van der Waals surface area contributed by atoms with E-state index in [1.807, 2.05) is 13.0 Å². The lowest BCUT2D eigenvalue weighted by Gasteiger charge is -2.11. The number of rotatable bonds is 4. The van der Waals surface area contributed by atoms with Crippen molar-refractivity contribution in [2.24, 2.45) is 0 Å². The van der Waals surface area contributed by atoms with Gasteiger partial charge >= 0.3 is 0 Å². The van der Waals surface area contributed by atoms with Crippen LogP contribution in [0.4, 0.5) is 5.69 Å². The van der Waals surface area contributed by atoms with Gasteiger partial charge in [-0.2, -0.15) is 0 Å². The van der Waals surface area contributed by atoms with Crippen LogP contribution in [0.1, 0.15) is 5.56 Å². The number of methoxy groups -OCH3 is 1. The first kappa shape index (κ1) is 11.1. The van der Waals surface area contributed by atoms with Gasteiger partial charge in [0.1, 0.15) is 5.75 Å². The number of ether oxygens (including phenoxy) is 1. The van der Waals surface area contributed by atoms with Gasteiger partial charge in [0.2, 0.25) is 0 Å². The minimum Gasteiger partial charge on any atom is -0.495 e. The summed E-state index contributed by atoms with van der Waals surface area (Å²) in [6.07, 6.45) is 0. The third-order valence-corrected chi connectivity index (χ3v) is 2.22. The van der Waals surface area contributed by atoms with Gasteiger partial charge in [-0.25, -0.2) is 0 Å². The van der Waals surface area contributed by atoms with Crippen LogP contribution in [0, 0.1) is 6.92 Å². The molecule has 0 amide bonds. The molecule has 0 saturated heterocycles. The lowest BCUT2D eigenvalue weighted by Crippen LogP contribution is -2.06. The minimum atomic E-state index is 0.100. The van der Waals surface area contributed by atoms with Crippen LogP contribution in [-0.4, -0.2) is 25.4 Å². The Hall–Kier alpha value is -0.930. The first-order chi connectivity index (χ1) is 6.69. The van der Waals surface area contributed by atoms with Crippen molar-refractivity contribution in [2.45, 2.75) is 6.92 Å². The average Bonchev–Trinajstić information content (AvgIpc) is 2.18. The normalized spacial score (nSPS) is 10.0. The van der Waals surface area contributed by atoms with Crippen LogP contribution in [0.25, 0.3) is 0 Å². The maximum absolute atomic E-state index is 8.67. The number of aliphatic hydroxyl groups excluding tert-OH is 1. The molecule has 1 rings (SSSR count). The molecule has 1 aromatic rings. The van der Waals surface area contributed by atoms with E-state index < -0.39 is 0 Å². The van der Waals surface area contributed by atoms with E-state index in [2.05, 4.69) is 5.32 Å². The molecule has 0 aliphatic carbocycles. The van der Waals surface area contributed by atoms with E-state index in [1.54, 1.807) is 13.2 Å². The number of anilines is 1. The molecule has 3 nitrogen and oxygen atoms in total. The zero-order valence-corrected chi connectivity index (χ0v) is 9.06. The van der Waals surface area contributed by atoms with E-state index in [4.69, 9.17) is 21.4 Å². The Bertz CT molecular complexity index is 315. The van der Waals surface area contributed by atoms with Gasteiger partial charge in [0, 0.05) is 12.2 Å². The van der Waals surface area contributed by atoms with E-state index >= 15 is 0 Å². The Morgan fingerprint density at radius 3 is 2.79 bits per heavy atom. The van der Waals surface area contributed by atoms with Crippen LogP contribution in [0.15, 0.2) is 12.1 Å². The third-order valence-electron chi connectivity index (χ3n) is 1.93. The summed E-state index contributed by atoms with van der Waals surface area (Å²) in [4.78, 5) is 0. The maximum atomic E-state index is 8.67. The van der Waals surface area contributed by atoms with Gasteiger partial charge in [-0.05, 0) is 24.6 Å². The third kappa shape index (κ3) is 2.53. The molecule has 4 heteroatoms. The number of halogens is 1. The smallest absolute Gasteiger partial charge is 0.137 e. The maximum Gasteiger partial charge on any atom is 0.137 e. The first-order valence-corrected chi connectivity index (χ1v) is 4.75. The summed E-state index contributed by atoms with van der Waals surface area (Å²) in [5, 5.41) is 12.3. The van der Waals surface area contributed by atoms with Gasteiger partial charge in [-0.1, -0.05) is 11.6 Å². The van der Waals surface area contributed by atoms with Crippen LogP contribution >= 0.6 is 11.6 Å². The molecule has 0 bridgehead atoms. The predicted molar refractivity (Wildman–Crippen MR) is 58.3 cm³/mol. The summed E-state index contributed by atoms with van der Waals surface area (Å²) in [7, 11) is 1.58. The molecule has 0 aromatic heterocycles. The fraction of sp³-hybridized carbons (Fsp3) is 0.400. The second-order valence-corrected chi connectivity index (χ2v) is 3.36. The van der Waals surface area contributed by atoms with Crippen molar-refractivity contribution in [3.05, 3.63) is 22.7 Å². The summed E-state index contributed by atoms with van der Waals surface area (Å²) < 4.78 is 5.08. The summed E-state index contributed by atoms with van der Waals surface area (Å²) in [5.41, 5.74) is 1.96. The quantitative estimate of drug-likeness (QED) is 0.808. The number of aliphatic hydroxyl groups is 1. The molecule has 0 spiro atoms. The van der Waals surface area contributed by atoms with Crippen molar-refractivity contribution in [1.82, 2.24) is 0 Å². The molecule has 0 radical (unpaired) electrons. The molecule has 2 N–H and O–H groups in total. The molecule has 0 aliphatic heterocycles. The van der Waals surface area contributed by atoms with E-state index in [9.17, 15) is 0 Å². The average molecular weight is 216 g/mol. The number of aryl methyl sites for hydroxylation is 1. The zero-order valence-electron chi connectivity index (χ0n) is 8.30. The van der Waals surface area contributed by atoms with Crippen LogP contribution < -0.4 is 10.1 Å². The lowest BCUT2D eigenvalue weighted by molar-refractivity contribution is 0.311. The minimum absolute atomic E-state index is 0.100. The van der Waals surface area contributed by atoms with E-state index in [1.165, 1.54) is 0 Å². The Balaban J connectivity index is 2.90. The van der Waals surface area contributed by atoms with Crippen molar-refractivity contribution in [3.63, 3.8) is 0 Å². The fourth-order valence-corrected chi connectivity index (χ4v) is 1.43. The molecule has 14 heavy (non-hydrogen) atoms. The molecule has 0 heterocycles. The fourth-order valence-electron chi connectivity index (χ4n) is 1.19. The van der Waals surface area contributed by atoms with Crippen LogP contribution in [0.5, 0.6) is 5.75 Å². The summed E-state index contributed by atoms with van der Waals surface area (Å²) in [6.45, 7) is 2.57. The highest BCUT2D eigenvalue weighted by Crippen LogP contribution is 2.30. The molecular weight excluding hydrogens is 202 g/mol. The molecule has 0 fully saturated rings. The van der Waals surface area contributed by atoms with Gasteiger partial charge in [-0.15, -0.1) is 0 Å². The Labute approximate surface area is 88.7 Å². The SMILES string of the molecule is COc1cc(C)c(NCCO)cc1Cl. The molecule has 0 unspecified atom stereocenters.